The molecule has 1 aliphatic heterocycles. The predicted molar refractivity (Wildman–Crippen MR) is 122 cm³/mol. The van der Waals surface area contributed by atoms with E-state index in [4.69, 9.17) is 11.6 Å². The van der Waals surface area contributed by atoms with Gasteiger partial charge in [-0.15, -0.1) is 4.68 Å². The highest BCUT2D eigenvalue weighted by Gasteiger charge is 2.28. The van der Waals surface area contributed by atoms with Crippen LogP contribution in [0.2, 0.25) is 5.02 Å². The maximum Gasteiger partial charge on any atom is 0.258 e. The summed E-state index contributed by atoms with van der Waals surface area (Å²) in [6, 6.07) is 6.98. The molecule has 2 N–H and O–H groups in total. The van der Waals surface area contributed by atoms with E-state index in [0.717, 1.165) is 18.6 Å². The Balaban J connectivity index is 1.82. The second-order valence-corrected chi connectivity index (χ2v) is 8.39. The number of benzene rings is 2. The van der Waals surface area contributed by atoms with Gasteiger partial charge in [0, 0.05) is 18.2 Å². The summed E-state index contributed by atoms with van der Waals surface area (Å²) in [6.07, 6.45) is 1.00. The summed E-state index contributed by atoms with van der Waals surface area (Å²) in [4.78, 5) is 21.4. The SMILES string of the molecule is CC(C)CCN=C(N=C1CC(c2cc(F)cc(F)c2)=[N+](C)N1)NC(=O)c1ccc(Cl)c(F)c1. The lowest BCUT2D eigenvalue weighted by Gasteiger charge is -2.07. The molecule has 0 unspecified atom stereocenters. The van der Waals surface area contributed by atoms with E-state index >= 15 is 0 Å². The zero-order valence-electron chi connectivity index (χ0n) is 18.4. The van der Waals surface area contributed by atoms with Crippen LogP contribution >= 0.6 is 11.6 Å². The van der Waals surface area contributed by atoms with Crippen molar-refractivity contribution in [1.82, 2.24) is 10.7 Å². The van der Waals surface area contributed by atoms with Gasteiger partial charge in [-0.05, 0) is 42.7 Å². The minimum atomic E-state index is -0.713. The fourth-order valence-electron chi connectivity index (χ4n) is 3.13. The molecule has 2 aromatic carbocycles. The molecule has 0 saturated heterocycles. The number of aliphatic imine (C=N–C) groups is 2. The first-order valence-electron chi connectivity index (χ1n) is 10.3. The van der Waals surface area contributed by atoms with Crippen molar-refractivity contribution in [3.63, 3.8) is 0 Å². The van der Waals surface area contributed by atoms with Gasteiger partial charge < -0.3 is 0 Å². The molecule has 6 nitrogen and oxygen atoms in total. The molecule has 1 heterocycles. The van der Waals surface area contributed by atoms with Crippen molar-refractivity contribution in [2.24, 2.45) is 15.9 Å². The summed E-state index contributed by atoms with van der Waals surface area (Å²) in [5.41, 5.74) is 4.02. The maximum atomic E-state index is 13.8. The van der Waals surface area contributed by atoms with Gasteiger partial charge in [-0.3, -0.25) is 15.1 Å². The van der Waals surface area contributed by atoms with Crippen molar-refractivity contribution in [3.05, 3.63) is 70.0 Å². The second kappa shape index (κ2) is 10.6. The van der Waals surface area contributed by atoms with Crippen molar-refractivity contribution in [3.8, 4) is 0 Å². The molecular weight excluding hydrogens is 455 g/mol. The first-order valence-corrected chi connectivity index (χ1v) is 10.7. The average molecular weight is 479 g/mol. The monoisotopic (exact) mass is 478 g/mol. The van der Waals surface area contributed by atoms with Gasteiger partial charge in [0.1, 0.15) is 17.5 Å². The van der Waals surface area contributed by atoms with Gasteiger partial charge in [-0.2, -0.15) is 10.4 Å². The lowest BCUT2D eigenvalue weighted by Crippen LogP contribution is -2.33. The third-order valence-corrected chi connectivity index (χ3v) is 5.15. The number of carbonyl (C=O) groups is 1. The fraction of sp³-hybridized carbons (Fsp3) is 0.304. The molecule has 0 bridgehead atoms. The first-order chi connectivity index (χ1) is 15.6. The molecule has 0 aromatic heterocycles. The van der Waals surface area contributed by atoms with E-state index in [-0.39, 0.29) is 23.0 Å². The number of hydrogen-bond donors (Lipinski definition) is 2. The van der Waals surface area contributed by atoms with Crippen LogP contribution in [-0.4, -0.2) is 41.7 Å². The maximum absolute atomic E-state index is 13.8. The number of amidine groups is 1. The molecule has 2 aromatic rings. The largest absolute Gasteiger partial charge is 0.291 e. The fourth-order valence-corrected chi connectivity index (χ4v) is 3.25. The van der Waals surface area contributed by atoms with E-state index in [1.54, 1.807) is 11.7 Å². The predicted octanol–water partition coefficient (Wildman–Crippen LogP) is 4.33. The Bertz CT molecular complexity index is 1140. The topological polar surface area (TPSA) is 68.9 Å². The highest BCUT2D eigenvalue weighted by molar-refractivity contribution is 6.30. The van der Waals surface area contributed by atoms with Gasteiger partial charge in [0.05, 0.1) is 17.0 Å². The highest BCUT2D eigenvalue weighted by atomic mass is 35.5. The summed E-state index contributed by atoms with van der Waals surface area (Å²) in [5.74, 6) is -1.83. The van der Waals surface area contributed by atoms with Crippen LogP contribution in [0.3, 0.4) is 0 Å². The summed E-state index contributed by atoms with van der Waals surface area (Å²) < 4.78 is 42.7. The molecule has 0 saturated carbocycles. The van der Waals surface area contributed by atoms with E-state index < -0.39 is 23.4 Å². The lowest BCUT2D eigenvalue weighted by molar-refractivity contribution is -0.536. The summed E-state index contributed by atoms with van der Waals surface area (Å²) in [6.45, 7) is 4.51. The number of hydrazine groups is 1. The van der Waals surface area contributed by atoms with Crippen LogP contribution in [-0.2, 0) is 0 Å². The van der Waals surface area contributed by atoms with Crippen molar-refractivity contribution < 1.29 is 22.7 Å². The van der Waals surface area contributed by atoms with Gasteiger partial charge in [0.2, 0.25) is 11.7 Å². The van der Waals surface area contributed by atoms with Crippen molar-refractivity contribution in [2.75, 3.05) is 13.6 Å². The summed E-state index contributed by atoms with van der Waals surface area (Å²) in [7, 11) is 1.69. The van der Waals surface area contributed by atoms with E-state index in [0.29, 0.717) is 29.6 Å². The van der Waals surface area contributed by atoms with Gasteiger partial charge in [-0.1, -0.05) is 25.4 Å². The van der Waals surface area contributed by atoms with Gasteiger partial charge in [0.15, 0.2) is 12.9 Å². The number of nitrogens with zero attached hydrogens (tertiary/aromatic N) is 3. The Morgan fingerprint density at radius 1 is 1.18 bits per heavy atom. The standard InChI is InChI=1S/C23H23ClF3N5O/c1-13(2)6-7-28-23(30-22(33)14-4-5-18(24)19(27)10-14)29-21-12-20(32(3)31-21)15-8-16(25)11-17(26)9-15/h4-5,8-11,13H,6-7,12H2,1-3H3,(H-,28,29,30,31,33)/p+1. The normalized spacial score (nSPS) is 15.4. The zero-order valence-corrected chi connectivity index (χ0v) is 19.2. The lowest BCUT2D eigenvalue weighted by atomic mass is 10.1. The number of hydrazone groups is 1. The number of halogens is 4. The van der Waals surface area contributed by atoms with Gasteiger partial charge in [-0.25, -0.2) is 13.2 Å². The molecule has 3 rings (SSSR count). The Hall–Kier alpha value is -3.20. The third-order valence-electron chi connectivity index (χ3n) is 4.85. The highest BCUT2D eigenvalue weighted by Crippen LogP contribution is 2.16. The van der Waals surface area contributed by atoms with Gasteiger partial charge in [0.25, 0.3) is 5.91 Å². The minimum Gasteiger partial charge on any atom is -0.291 e. The Labute approximate surface area is 194 Å². The van der Waals surface area contributed by atoms with Crippen LogP contribution in [0.15, 0.2) is 46.4 Å². The molecule has 0 atom stereocenters. The van der Waals surface area contributed by atoms with Crippen LogP contribution < -0.4 is 10.7 Å². The van der Waals surface area contributed by atoms with Crippen LogP contribution in [0.25, 0.3) is 0 Å². The number of hydrogen-bond acceptors (Lipinski definition) is 2. The molecule has 33 heavy (non-hydrogen) atoms. The van der Waals surface area contributed by atoms with Crippen molar-refractivity contribution in [2.45, 2.75) is 26.7 Å². The zero-order chi connectivity index (χ0) is 24.1. The van der Waals surface area contributed by atoms with E-state index in [1.807, 2.05) is 13.8 Å². The smallest absolute Gasteiger partial charge is 0.258 e. The van der Waals surface area contributed by atoms with Crippen molar-refractivity contribution in [1.29, 1.82) is 0 Å². The second-order valence-electron chi connectivity index (χ2n) is 7.98. The van der Waals surface area contributed by atoms with E-state index in [9.17, 15) is 18.0 Å². The van der Waals surface area contributed by atoms with Crippen LogP contribution in [0.5, 0.6) is 0 Å². The Morgan fingerprint density at radius 2 is 1.88 bits per heavy atom. The van der Waals surface area contributed by atoms with Crippen LogP contribution in [0, 0.1) is 23.4 Å². The third kappa shape index (κ3) is 6.64. The van der Waals surface area contributed by atoms with Crippen molar-refractivity contribution >= 4 is 35.0 Å². The average Bonchev–Trinajstić information content (AvgIpc) is 3.09. The number of guanidine groups is 1. The molecule has 0 spiro atoms. The molecule has 10 heteroatoms. The molecule has 1 aliphatic rings. The van der Waals surface area contributed by atoms with Crippen LogP contribution in [0.1, 0.15) is 42.6 Å². The number of nitrogens with one attached hydrogen (secondary N) is 2. The Morgan fingerprint density at radius 3 is 2.52 bits per heavy atom. The molecule has 0 radical (unpaired) electrons. The number of carbonyl (C=O) groups excluding carboxylic acids is 1. The number of rotatable bonds is 5. The minimum absolute atomic E-state index is 0.0404. The quantitative estimate of drug-likeness (QED) is 0.381. The Kier molecular flexibility index (Phi) is 7.86. The number of amides is 1. The summed E-state index contributed by atoms with van der Waals surface area (Å²) >= 11 is 5.69. The van der Waals surface area contributed by atoms with Gasteiger partial charge >= 0.3 is 0 Å². The molecule has 0 aliphatic carbocycles. The van der Waals surface area contributed by atoms with Crippen LogP contribution in [0.4, 0.5) is 13.2 Å². The van der Waals surface area contributed by atoms with E-state index in [1.165, 1.54) is 24.3 Å². The van der Waals surface area contributed by atoms with E-state index in [2.05, 4.69) is 20.7 Å². The summed E-state index contributed by atoms with van der Waals surface area (Å²) in [5, 5.41) is 2.50. The first kappa shape index (κ1) is 24.4. The molecule has 174 valence electrons. The molecule has 0 fully saturated rings. The molecule has 1 amide bonds. The molecular formula is C23H24ClF3N5O+.